The summed E-state index contributed by atoms with van der Waals surface area (Å²) in [5.41, 5.74) is 0.291. The van der Waals surface area contributed by atoms with Crippen LogP contribution in [-0.2, 0) is 28.5 Å². The summed E-state index contributed by atoms with van der Waals surface area (Å²) in [5, 5.41) is 155. The van der Waals surface area contributed by atoms with E-state index in [1.54, 1.807) is 0 Å². The second kappa shape index (κ2) is 18.1. The van der Waals surface area contributed by atoms with Gasteiger partial charge in [0.2, 0.25) is 0 Å². The van der Waals surface area contributed by atoms with Crippen LogP contribution >= 0.6 is 0 Å². The molecule has 2 saturated heterocycles. The lowest BCUT2D eigenvalue weighted by Crippen LogP contribution is -2.69. The Balaban J connectivity index is 1.56. The Labute approximate surface area is 304 Å². The van der Waals surface area contributed by atoms with Gasteiger partial charge in [0.15, 0.2) is 18.4 Å². The van der Waals surface area contributed by atoms with Gasteiger partial charge in [0.25, 0.3) is 5.79 Å². The summed E-state index contributed by atoms with van der Waals surface area (Å²) < 4.78 is 28.2. The average molecular weight is 774 g/mol. The minimum absolute atomic E-state index is 0.0362. The highest BCUT2D eigenvalue weighted by Gasteiger charge is 2.74. The van der Waals surface area contributed by atoms with Crippen molar-refractivity contribution in [3.8, 4) is 0 Å². The Hall–Kier alpha value is -1.58. The number of rotatable bonds is 20. The summed E-state index contributed by atoms with van der Waals surface area (Å²) in [6.07, 6.45) is -22.2. The van der Waals surface area contributed by atoms with Crippen molar-refractivity contribution in [2.24, 2.45) is 23.7 Å². The largest absolute Gasteiger partial charge is 0.477 e. The zero-order valence-corrected chi connectivity index (χ0v) is 29.1. The average Bonchev–Trinajstić information content (AvgIpc) is 3.43. The Kier molecular flexibility index (Phi) is 15.1. The van der Waals surface area contributed by atoms with Crippen LogP contribution in [0, 0.1) is 29.1 Å². The number of aliphatic hydroxyl groups excluding tert-OH is 12. The molecule has 53 heavy (non-hydrogen) atoms. The van der Waals surface area contributed by atoms with E-state index < -0.39 is 147 Å². The van der Waals surface area contributed by atoms with Crippen LogP contribution in [0.3, 0.4) is 0 Å². The molecule has 4 aliphatic rings. The molecular formula is C32H55NO20. The van der Waals surface area contributed by atoms with Gasteiger partial charge < -0.3 is 101 Å². The number of ether oxygens (including phenoxy) is 5. The summed E-state index contributed by atoms with van der Waals surface area (Å²) >= 11 is 0. The molecule has 0 radical (unpaired) electrons. The SMILES string of the molecule is CCCCCC(=N)CCOC1(C(=O)O)CC(O)C(OC2OC3(O)C(C(O)CO)C(O)C(OC(O)C4C(O)C(O)C(C(O)CO)C4O)C23)C(C(O)CO)O1. The van der Waals surface area contributed by atoms with E-state index in [-0.39, 0.29) is 13.0 Å². The van der Waals surface area contributed by atoms with Gasteiger partial charge >= 0.3 is 5.97 Å². The zero-order chi connectivity index (χ0) is 39.6. The van der Waals surface area contributed by atoms with E-state index in [1.165, 1.54) is 0 Å². The predicted molar refractivity (Wildman–Crippen MR) is 171 cm³/mol. The van der Waals surface area contributed by atoms with E-state index in [4.69, 9.17) is 29.1 Å². The molecule has 19 atom stereocenters. The molecule has 0 bridgehead atoms. The third-order valence-electron chi connectivity index (χ3n) is 10.9. The summed E-state index contributed by atoms with van der Waals surface area (Å²) in [5.74, 6) is -13.5. The fraction of sp³-hybridized carbons (Fsp3) is 0.938. The topological polar surface area (TPSA) is 370 Å². The molecule has 0 aromatic heterocycles. The van der Waals surface area contributed by atoms with Crippen LogP contribution in [0.2, 0.25) is 0 Å². The molecule has 19 unspecified atom stereocenters. The van der Waals surface area contributed by atoms with Gasteiger partial charge in [-0.25, -0.2) is 4.79 Å². The van der Waals surface area contributed by atoms with Crippen molar-refractivity contribution in [1.29, 1.82) is 5.41 Å². The fourth-order valence-corrected chi connectivity index (χ4v) is 8.00. The van der Waals surface area contributed by atoms with Gasteiger partial charge in [0.1, 0.15) is 18.3 Å². The lowest BCUT2D eigenvalue weighted by Gasteiger charge is -2.53. The number of carbonyl (C=O) groups is 1. The van der Waals surface area contributed by atoms with Crippen molar-refractivity contribution in [3.63, 3.8) is 0 Å². The molecule has 15 N–H and O–H groups in total. The zero-order valence-electron chi connectivity index (χ0n) is 29.1. The van der Waals surface area contributed by atoms with E-state index in [0.29, 0.717) is 12.1 Å². The second-order valence-corrected chi connectivity index (χ2v) is 14.3. The molecule has 21 nitrogen and oxygen atoms in total. The highest BCUT2D eigenvalue weighted by Crippen LogP contribution is 2.56. The normalized spacial score (nSPS) is 43.5. The maximum absolute atomic E-state index is 12.5. The maximum Gasteiger partial charge on any atom is 0.364 e. The number of aliphatic carboxylic acids is 1. The first-order valence-corrected chi connectivity index (χ1v) is 17.7. The molecule has 0 spiro atoms. The van der Waals surface area contributed by atoms with Crippen molar-refractivity contribution in [3.05, 3.63) is 0 Å². The van der Waals surface area contributed by atoms with Crippen LogP contribution in [0.15, 0.2) is 0 Å². The van der Waals surface area contributed by atoms with Gasteiger partial charge in [-0.3, -0.25) is 0 Å². The lowest BCUT2D eigenvalue weighted by atomic mass is 9.85. The van der Waals surface area contributed by atoms with Crippen molar-refractivity contribution < 1.29 is 100.0 Å². The Morgan fingerprint density at radius 3 is 2.04 bits per heavy atom. The van der Waals surface area contributed by atoms with Crippen LogP contribution in [0.25, 0.3) is 0 Å². The van der Waals surface area contributed by atoms with Gasteiger partial charge in [-0.2, -0.15) is 0 Å². The monoisotopic (exact) mass is 773 g/mol. The Bertz CT molecular complexity index is 1220. The van der Waals surface area contributed by atoms with Gasteiger partial charge in [-0.1, -0.05) is 19.8 Å². The third kappa shape index (κ3) is 8.57. The number of hydrogen-bond donors (Lipinski definition) is 15. The standard InChI is InChI=1S/C32H55NO20/c1-2-3-4-5-12(33)6-7-49-31(30(46)47)8-13(37)25(26(52-31)16(40)11-36)51-29-20-27(24(44)19(15(39)10-35)32(20,48)53-29)50-28(45)18-21(41)17(14(38)9-34)22(42)23(18)43/h13-29,33-45,48H,2-11H2,1H3,(H,46,47). The van der Waals surface area contributed by atoms with Crippen molar-refractivity contribution in [2.45, 2.75) is 137 Å². The van der Waals surface area contributed by atoms with E-state index >= 15 is 0 Å². The minimum Gasteiger partial charge on any atom is -0.477 e. The van der Waals surface area contributed by atoms with Crippen molar-refractivity contribution in [2.75, 3.05) is 26.4 Å². The number of unbranched alkanes of at least 4 members (excludes halogenated alkanes) is 2. The van der Waals surface area contributed by atoms with Crippen molar-refractivity contribution >= 4 is 11.7 Å². The third-order valence-corrected chi connectivity index (χ3v) is 10.9. The smallest absolute Gasteiger partial charge is 0.364 e. The van der Waals surface area contributed by atoms with Gasteiger partial charge in [-0.05, 0) is 12.8 Å². The van der Waals surface area contributed by atoms with Crippen LogP contribution in [-0.4, -0.2) is 201 Å². The molecule has 2 heterocycles. The molecule has 2 aliphatic carbocycles. The number of aliphatic hydroxyl groups is 13. The second-order valence-electron chi connectivity index (χ2n) is 14.3. The quantitative estimate of drug-likeness (QED) is 0.0311. The van der Waals surface area contributed by atoms with E-state index in [2.05, 4.69) is 0 Å². The summed E-state index contributed by atoms with van der Waals surface area (Å²) in [6, 6.07) is 0. The highest BCUT2D eigenvalue weighted by atomic mass is 16.8. The predicted octanol–water partition coefficient (Wildman–Crippen LogP) is -5.95. The number of fused-ring (bicyclic) bond motifs is 1. The van der Waals surface area contributed by atoms with Crippen LogP contribution in [0.1, 0.15) is 45.4 Å². The molecule has 4 fully saturated rings. The molecular weight excluding hydrogens is 718 g/mol. The summed E-state index contributed by atoms with van der Waals surface area (Å²) in [6.45, 7) is -1.28. The molecule has 0 aromatic carbocycles. The maximum atomic E-state index is 12.5. The van der Waals surface area contributed by atoms with Gasteiger partial charge in [-0.15, -0.1) is 0 Å². The molecule has 4 rings (SSSR count). The van der Waals surface area contributed by atoms with Crippen molar-refractivity contribution in [1.82, 2.24) is 0 Å². The van der Waals surface area contributed by atoms with Crippen LogP contribution < -0.4 is 0 Å². The Morgan fingerprint density at radius 1 is 0.830 bits per heavy atom. The minimum atomic E-state index is -2.57. The first kappa shape index (κ1) is 44.1. The molecule has 21 heteroatoms. The number of carboxylic acids is 1. The lowest BCUT2D eigenvalue weighted by molar-refractivity contribution is -0.462. The summed E-state index contributed by atoms with van der Waals surface area (Å²) in [7, 11) is 0. The molecule has 0 amide bonds. The molecule has 0 aromatic rings. The highest BCUT2D eigenvalue weighted by molar-refractivity contribution is 5.81. The Morgan fingerprint density at radius 2 is 1.45 bits per heavy atom. The van der Waals surface area contributed by atoms with Crippen LogP contribution in [0.4, 0.5) is 0 Å². The summed E-state index contributed by atoms with van der Waals surface area (Å²) in [4.78, 5) is 12.5. The van der Waals surface area contributed by atoms with Gasteiger partial charge in [0.05, 0.1) is 93.0 Å². The van der Waals surface area contributed by atoms with E-state index in [9.17, 15) is 76.3 Å². The fourth-order valence-electron chi connectivity index (χ4n) is 8.00. The first-order chi connectivity index (χ1) is 24.9. The molecule has 308 valence electrons. The molecule has 2 aliphatic heterocycles. The van der Waals surface area contributed by atoms with E-state index in [0.717, 1.165) is 19.3 Å². The first-order valence-electron chi connectivity index (χ1n) is 17.7. The van der Waals surface area contributed by atoms with Gasteiger partial charge in [0, 0.05) is 24.5 Å². The van der Waals surface area contributed by atoms with E-state index in [1.807, 2.05) is 6.92 Å². The van der Waals surface area contributed by atoms with Crippen LogP contribution in [0.5, 0.6) is 0 Å². The number of carboxylic acid groups (broad SMARTS) is 1. The number of hydrogen-bond acceptors (Lipinski definition) is 20. The molecule has 2 saturated carbocycles. The number of nitrogens with one attached hydrogen (secondary N) is 1.